The lowest BCUT2D eigenvalue weighted by molar-refractivity contribution is -0.114. The van der Waals surface area contributed by atoms with Gasteiger partial charge in [-0.25, -0.2) is 4.98 Å². The van der Waals surface area contributed by atoms with Crippen LogP contribution in [0.3, 0.4) is 0 Å². The predicted molar refractivity (Wildman–Crippen MR) is 122 cm³/mol. The van der Waals surface area contributed by atoms with Crippen LogP contribution in [-0.4, -0.2) is 50.1 Å². The first-order chi connectivity index (χ1) is 13.0. The highest BCUT2D eigenvalue weighted by atomic mass is 35.5. The maximum atomic E-state index is 12.9. The zero-order valence-corrected chi connectivity index (χ0v) is 18.8. The summed E-state index contributed by atoms with van der Waals surface area (Å²) in [6, 6.07) is 7.90. The van der Waals surface area contributed by atoms with E-state index < -0.39 is 0 Å². The normalized spacial score (nSPS) is 11.2. The first kappa shape index (κ1) is 22.4. The highest BCUT2D eigenvalue weighted by Gasteiger charge is 2.20. The van der Waals surface area contributed by atoms with Crippen molar-refractivity contribution in [2.24, 2.45) is 0 Å². The molecule has 0 N–H and O–H groups in total. The van der Waals surface area contributed by atoms with E-state index in [4.69, 9.17) is 9.72 Å². The number of anilines is 1. The molecule has 28 heavy (non-hydrogen) atoms. The van der Waals surface area contributed by atoms with E-state index >= 15 is 0 Å². The van der Waals surface area contributed by atoms with Gasteiger partial charge in [-0.15, -0.1) is 23.7 Å². The van der Waals surface area contributed by atoms with Gasteiger partial charge in [0.2, 0.25) is 0 Å². The summed E-state index contributed by atoms with van der Waals surface area (Å²) in [5.74, 6) is 0.660. The summed E-state index contributed by atoms with van der Waals surface area (Å²) in [6.07, 6.45) is 3.48. The molecule has 0 bridgehead atoms. The fraction of sp³-hybridized carbons (Fsp3) is 0.300. The Kier molecular flexibility index (Phi) is 8.00. The van der Waals surface area contributed by atoms with Crippen LogP contribution in [0.15, 0.2) is 35.7 Å². The SMILES string of the molecule is COc1ccc(C)c2sc(N(CCN(C)C)C(=O)C=Cc3cccs3)nc12.Cl. The van der Waals surface area contributed by atoms with Gasteiger partial charge in [0.15, 0.2) is 5.13 Å². The Morgan fingerprint density at radius 1 is 1.25 bits per heavy atom. The third-order valence-corrected chi connectivity index (χ3v) is 6.16. The maximum Gasteiger partial charge on any atom is 0.252 e. The summed E-state index contributed by atoms with van der Waals surface area (Å²) in [7, 11) is 5.63. The topological polar surface area (TPSA) is 45.7 Å². The number of aryl methyl sites for hydroxylation is 1. The number of fused-ring (bicyclic) bond motifs is 1. The molecule has 0 fully saturated rings. The Morgan fingerprint density at radius 2 is 2.04 bits per heavy atom. The fourth-order valence-electron chi connectivity index (χ4n) is 2.61. The van der Waals surface area contributed by atoms with Crippen molar-refractivity contribution in [1.29, 1.82) is 0 Å². The third-order valence-electron chi connectivity index (χ3n) is 4.11. The molecule has 8 heteroatoms. The molecule has 3 rings (SSSR count). The molecule has 0 saturated heterocycles. The van der Waals surface area contributed by atoms with Gasteiger partial charge < -0.3 is 9.64 Å². The minimum atomic E-state index is -0.0686. The molecule has 0 radical (unpaired) electrons. The molecule has 1 amide bonds. The standard InChI is InChI=1S/C20H23N3O2S2.ClH/c1-14-7-9-16(25-4)18-19(14)27-20(21-18)23(12-11-22(2)3)17(24)10-8-15-6-5-13-26-15;/h5-10,13H,11-12H2,1-4H3;1H. The average molecular weight is 438 g/mol. The van der Waals surface area contributed by atoms with Crippen molar-refractivity contribution in [3.8, 4) is 5.75 Å². The van der Waals surface area contributed by atoms with Crippen LogP contribution in [0.4, 0.5) is 5.13 Å². The van der Waals surface area contributed by atoms with Crippen molar-refractivity contribution in [1.82, 2.24) is 9.88 Å². The van der Waals surface area contributed by atoms with Gasteiger partial charge in [-0.1, -0.05) is 23.5 Å². The largest absolute Gasteiger partial charge is 0.494 e. The van der Waals surface area contributed by atoms with E-state index in [0.29, 0.717) is 11.7 Å². The Morgan fingerprint density at radius 3 is 2.68 bits per heavy atom. The second kappa shape index (κ2) is 10.0. The van der Waals surface area contributed by atoms with Crippen molar-refractivity contribution in [3.63, 3.8) is 0 Å². The smallest absolute Gasteiger partial charge is 0.252 e. The van der Waals surface area contributed by atoms with Crippen molar-refractivity contribution < 1.29 is 9.53 Å². The second-order valence-electron chi connectivity index (χ2n) is 6.40. The van der Waals surface area contributed by atoms with E-state index in [2.05, 4.69) is 4.90 Å². The molecule has 3 aromatic rings. The van der Waals surface area contributed by atoms with Gasteiger partial charge in [0.25, 0.3) is 5.91 Å². The average Bonchev–Trinajstić information content (AvgIpc) is 3.30. The third kappa shape index (κ3) is 5.11. The van der Waals surface area contributed by atoms with Crippen LogP contribution in [0.1, 0.15) is 10.4 Å². The maximum absolute atomic E-state index is 12.9. The number of benzene rings is 1. The van der Waals surface area contributed by atoms with E-state index in [1.54, 1.807) is 29.4 Å². The molecule has 150 valence electrons. The number of ether oxygens (including phenoxy) is 1. The second-order valence-corrected chi connectivity index (χ2v) is 8.36. The molecule has 0 saturated carbocycles. The number of likely N-dealkylation sites (N-methyl/N-ethyl adjacent to an activating group) is 1. The number of methoxy groups -OCH3 is 1. The lowest BCUT2D eigenvalue weighted by Gasteiger charge is -2.20. The highest BCUT2D eigenvalue weighted by Crippen LogP contribution is 2.36. The van der Waals surface area contributed by atoms with Gasteiger partial charge in [-0.3, -0.25) is 9.69 Å². The monoisotopic (exact) mass is 437 g/mol. The van der Waals surface area contributed by atoms with Crippen molar-refractivity contribution in [3.05, 3.63) is 46.2 Å². The number of carbonyl (C=O) groups excluding carboxylic acids is 1. The van der Waals surface area contributed by atoms with Crippen LogP contribution >= 0.6 is 35.1 Å². The van der Waals surface area contributed by atoms with Gasteiger partial charge in [0.05, 0.1) is 11.8 Å². The number of carbonyl (C=O) groups is 1. The first-order valence-corrected chi connectivity index (χ1v) is 10.3. The number of aromatic nitrogens is 1. The number of halogens is 1. The van der Waals surface area contributed by atoms with Crippen LogP contribution in [-0.2, 0) is 4.79 Å². The Balaban J connectivity index is 0.00000280. The van der Waals surface area contributed by atoms with Gasteiger partial charge in [0, 0.05) is 24.0 Å². The molecule has 2 heterocycles. The molecule has 0 aliphatic rings. The van der Waals surface area contributed by atoms with Gasteiger partial charge >= 0.3 is 0 Å². The molecular formula is C20H24ClN3O2S2. The Labute approximate surface area is 179 Å². The predicted octanol–water partition coefficient (Wildman–Crippen LogP) is 4.70. The summed E-state index contributed by atoms with van der Waals surface area (Å²) in [5.41, 5.74) is 1.94. The molecule has 0 aliphatic carbocycles. The molecule has 5 nitrogen and oxygen atoms in total. The summed E-state index contributed by atoms with van der Waals surface area (Å²) >= 11 is 3.14. The summed E-state index contributed by atoms with van der Waals surface area (Å²) < 4.78 is 6.50. The fourth-order valence-corrected chi connectivity index (χ4v) is 4.31. The number of nitrogens with zero attached hydrogens (tertiary/aromatic N) is 3. The van der Waals surface area contributed by atoms with Crippen LogP contribution in [0.2, 0.25) is 0 Å². The summed E-state index contributed by atoms with van der Waals surface area (Å²) in [4.78, 5) is 22.5. The molecule has 1 aromatic carbocycles. The van der Waals surface area contributed by atoms with Crippen LogP contribution in [0.5, 0.6) is 5.75 Å². The number of hydrogen-bond donors (Lipinski definition) is 0. The summed E-state index contributed by atoms with van der Waals surface area (Å²) in [6.45, 7) is 3.37. The number of rotatable bonds is 7. The molecule has 0 aliphatic heterocycles. The number of hydrogen-bond acceptors (Lipinski definition) is 6. The molecule has 2 aromatic heterocycles. The number of thiophene rings is 1. The van der Waals surface area contributed by atoms with Crippen molar-refractivity contribution >= 4 is 62.4 Å². The molecule has 0 unspecified atom stereocenters. The quantitative estimate of drug-likeness (QED) is 0.502. The minimum Gasteiger partial charge on any atom is -0.494 e. The van der Waals surface area contributed by atoms with E-state index in [1.165, 1.54) is 11.3 Å². The summed E-state index contributed by atoms with van der Waals surface area (Å²) in [5, 5.41) is 2.69. The van der Waals surface area contributed by atoms with E-state index in [1.807, 2.05) is 56.7 Å². The zero-order valence-electron chi connectivity index (χ0n) is 16.3. The van der Waals surface area contributed by atoms with E-state index in [-0.39, 0.29) is 18.3 Å². The van der Waals surface area contributed by atoms with Crippen molar-refractivity contribution in [2.45, 2.75) is 6.92 Å². The minimum absolute atomic E-state index is 0. The van der Waals surface area contributed by atoms with Gasteiger partial charge in [0.1, 0.15) is 11.3 Å². The lowest BCUT2D eigenvalue weighted by Crippen LogP contribution is -2.35. The van der Waals surface area contributed by atoms with Crippen LogP contribution < -0.4 is 9.64 Å². The van der Waals surface area contributed by atoms with Crippen LogP contribution in [0.25, 0.3) is 16.3 Å². The van der Waals surface area contributed by atoms with Gasteiger partial charge in [-0.05, 0) is 50.2 Å². The Bertz CT molecular complexity index is 952. The van der Waals surface area contributed by atoms with Gasteiger partial charge in [-0.2, -0.15) is 0 Å². The number of amides is 1. The van der Waals surface area contributed by atoms with Crippen LogP contribution in [0, 0.1) is 6.92 Å². The molecular weight excluding hydrogens is 414 g/mol. The highest BCUT2D eigenvalue weighted by molar-refractivity contribution is 7.22. The Hall–Kier alpha value is -1.93. The van der Waals surface area contributed by atoms with E-state index in [9.17, 15) is 4.79 Å². The molecule has 0 spiro atoms. The van der Waals surface area contributed by atoms with E-state index in [0.717, 1.165) is 33.0 Å². The molecule has 0 atom stereocenters. The zero-order chi connectivity index (χ0) is 19.4. The lowest BCUT2D eigenvalue weighted by atomic mass is 10.2. The van der Waals surface area contributed by atoms with Crippen molar-refractivity contribution in [2.75, 3.05) is 39.2 Å². The number of thiazole rings is 1. The first-order valence-electron chi connectivity index (χ1n) is 8.61.